The van der Waals surface area contributed by atoms with Gasteiger partial charge in [0.25, 0.3) is 5.91 Å². The highest BCUT2D eigenvalue weighted by molar-refractivity contribution is 5.98. The number of aliphatic hydroxyl groups is 1. The van der Waals surface area contributed by atoms with E-state index in [-0.39, 0.29) is 23.3 Å². The highest BCUT2D eigenvalue weighted by Gasteiger charge is 2.53. The lowest BCUT2D eigenvalue weighted by atomic mass is 9.56. The van der Waals surface area contributed by atoms with E-state index in [4.69, 9.17) is 4.74 Å². The van der Waals surface area contributed by atoms with Crippen LogP contribution in [0.3, 0.4) is 0 Å². The Morgan fingerprint density at radius 2 is 1.97 bits per heavy atom. The van der Waals surface area contributed by atoms with Crippen molar-refractivity contribution in [2.24, 2.45) is 5.92 Å². The molecule has 1 saturated carbocycles. The maximum Gasteiger partial charge on any atom is 0.253 e. The average Bonchev–Trinajstić information content (AvgIpc) is 2.92. The minimum absolute atomic E-state index is 0.00119. The van der Waals surface area contributed by atoms with Gasteiger partial charge in [0.1, 0.15) is 5.75 Å². The number of benzene rings is 3. The fraction of sp³-hybridized carbons (Fsp3) is 0.387. The smallest absolute Gasteiger partial charge is 0.253 e. The normalized spacial score (nSPS) is 26.2. The van der Waals surface area contributed by atoms with Gasteiger partial charge in [-0.3, -0.25) is 9.69 Å². The van der Waals surface area contributed by atoms with Gasteiger partial charge in [-0.2, -0.15) is 0 Å². The molecule has 1 aliphatic carbocycles. The predicted octanol–water partition coefficient (Wildman–Crippen LogP) is 4.89. The predicted molar refractivity (Wildman–Crippen MR) is 144 cm³/mol. The number of piperidine rings is 1. The first-order chi connectivity index (χ1) is 17.4. The van der Waals surface area contributed by atoms with Crippen molar-refractivity contribution in [1.82, 2.24) is 9.80 Å². The van der Waals surface area contributed by atoms with Crippen molar-refractivity contribution < 1.29 is 14.6 Å². The van der Waals surface area contributed by atoms with Gasteiger partial charge in [0, 0.05) is 43.1 Å². The second-order valence-corrected chi connectivity index (χ2v) is 10.4. The van der Waals surface area contributed by atoms with Gasteiger partial charge in [0.05, 0.1) is 13.2 Å². The largest absolute Gasteiger partial charge is 0.497 e. The van der Waals surface area contributed by atoms with Crippen LogP contribution in [0.2, 0.25) is 0 Å². The quantitative estimate of drug-likeness (QED) is 0.506. The van der Waals surface area contributed by atoms with Gasteiger partial charge in [0.15, 0.2) is 0 Å². The van der Waals surface area contributed by atoms with Crippen molar-refractivity contribution >= 4 is 16.7 Å². The Balaban J connectivity index is 1.47. The number of aliphatic hydroxyl groups excluding tert-OH is 1. The van der Waals surface area contributed by atoms with E-state index in [2.05, 4.69) is 29.7 Å². The Kier molecular flexibility index (Phi) is 6.87. The Morgan fingerprint density at radius 3 is 2.75 bits per heavy atom. The van der Waals surface area contributed by atoms with Gasteiger partial charge < -0.3 is 14.7 Å². The van der Waals surface area contributed by atoms with Crippen LogP contribution in [0.1, 0.15) is 35.2 Å². The summed E-state index contributed by atoms with van der Waals surface area (Å²) in [6.45, 7) is 6.49. The molecule has 1 amide bonds. The van der Waals surface area contributed by atoms with Crippen LogP contribution in [-0.4, -0.2) is 66.8 Å². The third kappa shape index (κ3) is 4.42. The first-order valence-corrected chi connectivity index (χ1v) is 12.9. The second kappa shape index (κ2) is 10.1. The molecule has 5 heteroatoms. The standard InChI is InChI=1S/C31H36N2O3/c1-4-15-33-16-14-31(25-10-7-11-27(18-25)36-3)20-26(19-29(34)28(31)21-33)32(2)30(35)24-13-12-22-8-5-6-9-23(22)17-24/h4-13,17-18,26,28-29,34H,1,14-16,19-21H2,2-3H3/t26-,28-,29?,31-/m0/s1. The van der Waals surface area contributed by atoms with E-state index < -0.39 is 6.10 Å². The van der Waals surface area contributed by atoms with Crippen molar-refractivity contribution in [3.63, 3.8) is 0 Å². The van der Waals surface area contributed by atoms with E-state index in [1.807, 2.05) is 66.6 Å². The lowest BCUT2D eigenvalue weighted by Gasteiger charge is -2.56. The van der Waals surface area contributed by atoms with Crippen LogP contribution in [0.4, 0.5) is 0 Å². The minimum atomic E-state index is -0.505. The molecule has 2 fully saturated rings. The number of hydrogen-bond acceptors (Lipinski definition) is 4. The zero-order valence-electron chi connectivity index (χ0n) is 21.3. The SMILES string of the molecule is C=CCN1CC[C@@]2(c3cccc(OC)c3)C[C@@H](N(C)C(=O)c3ccc4ccccc4c3)CC(O)[C@@H]2C1. The summed E-state index contributed by atoms with van der Waals surface area (Å²) >= 11 is 0. The Hall–Kier alpha value is -3.15. The molecule has 36 heavy (non-hydrogen) atoms. The summed E-state index contributed by atoms with van der Waals surface area (Å²) in [4.78, 5) is 17.9. The maximum atomic E-state index is 13.6. The number of likely N-dealkylation sites (tertiary alicyclic amines) is 1. The van der Waals surface area contributed by atoms with Gasteiger partial charge in [-0.05, 0) is 66.4 Å². The molecule has 0 radical (unpaired) electrons. The molecule has 4 atom stereocenters. The highest BCUT2D eigenvalue weighted by atomic mass is 16.5. The van der Waals surface area contributed by atoms with E-state index in [1.54, 1.807) is 7.11 Å². The second-order valence-electron chi connectivity index (χ2n) is 10.4. The topological polar surface area (TPSA) is 53.0 Å². The molecule has 0 spiro atoms. The number of nitrogens with zero attached hydrogens (tertiary/aromatic N) is 2. The van der Waals surface area contributed by atoms with Crippen LogP contribution >= 0.6 is 0 Å². The number of rotatable bonds is 6. The molecule has 3 aromatic rings. The number of hydrogen-bond donors (Lipinski definition) is 1. The fourth-order valence-corrected chi connectivity index (χ4v) is 6.52. The molecule has 1 aliphatic heterocycles. The van der Waals surface area contributed by atoms with Crippen LogP contribution < -0.4 is 4.74 Å². The first-order valence-electron chi connectivity index (χ1n) is 12.9. The summed E-state index contributed by atoms with van der Waals surface area (Å²) < 4.78 is 5.56. The van der Waals surface area contributed by atoms with Crippen molar-refractivity contribution in [2.75, 3.05) is 33.8 Å². The Labute approximate surface area is 214 Å². The van der Waals surface area contributed by atoms with Gasteiger partial charge in [-0.1, -0.05) is 48.5 Å². The number of ether oxygens (including phenoxy) is 1. The van der Waals surface area contributed by atoms with Crippen LogP contribution in [-0.2, 0) is 5.41 Å². The molecule has 2 aliphatic rings. The van der Waals surface area contributed by atoms with Gasteiger partial charge in [0.2, 0.25) is 0 Å². The summed E-state index contributed by atoms with van der Waals surface area (Å²) in [7, 11) is 3.58. The number of methoxy groups -OCH3 is 1. The van der Waals surface area contributed by atoms with Crippen LogP contribution in [0, 0.1) is 5.92 Å². The molecule has 5 nitrogen and oxygen atoms in total. The molecule has 0 aromatic heterocycles. The van der Waals surface area contributed by atoms with Crippen LogP contribution in [0.25, 0.3) is 10.8 Å². The monoisotopic (exact) mass is 484 g/mol. The molecule has 188 valence electrons. The van der Waals surface area contributed by atoms with E-state index >= 15 is 0 Å². The van der Waals surface area contributed by atoms with Crippen molar-refractivity contribution in [1.29, 1.82) is 0 Å². The van der Waals surface area contributed by atoms with E-state index in [0.29, 0.717) is 12.0 Å². The number of carbonyl (C=O) groups is 1. The van der Waals surface area contributed by atoms with E-state index in [1.165, 1.54) is 5.56 Å². The molecular weight excluding hydrogens is 448 g/mol. The number of amides is 1. The Morgan fingerprint density at radius 1 is 1.17 bits per heavy atom. The van der Waals surface area contributed by atoms with Gasteiger partial charge in [-0.25, -0.2) is 0 Å². The zero-order valence-corrected chi connectivity index (χ0v) is 21.3. The third-order valence-electron chi connectivity index (χ3n) is 8.51. The molecule has 0 bridgehead atoms. The summed E-state index contributed by atoms with van der Waals surface area (Å²) in [6, 6.07) is 22.2. The van der Waals surface area contributed by atoms with Crippen molar-refractivity contribution in [3.8, 4) is 5.75 Å². The fourth-order valence-electron chi connectivity index (χ4n) is 6.52. The molecule has 1 saturated heterocycles. The number of carbonyl (C=O) groups excluding carboxylic acids is 1. The van der Waals surface area contributed by atoms with Crippen LogP contribution in [0.5, 0.6) is 5.75 Å². The molecule has 1 heterocycles. The third-order valence-corrected chi connectivity index (χ3v) is 8.51. The number of fused-ring (bicyclic) bond motifs is 2. The summed E-state index contributed by atoms with van der Waals surface area (Å²) in [5.41, 5.74) is 1.65. The molecule has 1 unspecified atom stereocenters. The van der Waals surface area contributed by atoms with Gasteiger partial charge in [-0.15, -0.1) is 6.58 Å². The Bertz CT molecular complexity index is 1260. The maximum absolute atomic E-state index is 13.6. The summed E-state index contributed by atoms with van der Waals surface area (Å²) in [6.07, 6.45) is 3.75. The lowest BCUT2D eigenvalue weighted by Crippen LogP contribution is -2.61. The molecule has 3 aromatic carbocycles. The average molecular weight is 485 g/mol. The van der Waals surface area contributed by atoms with E-state index in [0.717, 1.165) is 49.0 Å². The minimum Gasteiger partial charge on any atom is -0.497 e. The summed E-state index contributed by atoms with van der Waals surface area (Å²) in [5.74, 6) is 0.909. The molecular formula is C31H36N2O3. The first kappa shape index (κ1) is 24.5. The molecule has 1 N–H and O–H groups in total. The van der Waals surface area contributed by atoms with Gasteiger partial charge >= 0.3 is 0 Å². The highest BCUT2D eigenvalue weighted by Crippen LogP contribution is 2.50. The lowest BCUT2D eigenvalue weighted by molar-refractivity contribution is -0.0591. The van der Waals surface area contributed by atoms with Crippen LogP contribution in [0.15, 0.2) is 79.4 Å². The van der Waals surface area contributed by atoms with E-state index in [9.17, 15) is 9.90 Å². The molecule has 5 rings (SSSR count). The summed E-state index contributed by atoms with van der Waals surface area (Å²) in [5, 5.41) is 13.7. The van der Waals surface area contributed by atoms with Crippen molar-refractivity contribution in [2.45, 2.75) is 36.8 Å². The zero-order chi connectivity index (χ0) is 25.3. The van der Waals surface area contributed by atoms with Crippen molar-refractivity contribution in [3.05, 3.63) is 90.5 Å².